The maximum atomic E-state index is 12.3. The Kier molecular flexibility index (Phi) is 3.43. The van der Waals surface area contributed by atoms with E-state index < -0.39 is 0 Å². The highest BCUT2D eigenvalue weighted by Crippen LogP contribution is 2.40. The highest BCUT2D eigenvalue weighted by Gasteiger charge is 2.18. The minimum absolute atomic E-state index is 0.170. The van der Waals surface area contributed by atoms with Crippen molar-refractivity contribution in [3.05, 3.63) is 43.8 Å². The molecule has 108 valence electrons. The molecule has 0 atom stereocenters. The summed E-state index contributed by atoms with van der Waals surface area (Å²) in [5.74, 6) is 0.755. The number of aromatic nitrogens is 2. The van der Waals surface area contributed by atoms with Gasteiger partial charge in [0.05, 0.1) is 12.5 Å². The first kappa shape index (κ1) is 14.0. The molecule has 0 spiro atoms. The topological polar surface area (TPSA) is 57.9 Å². The van der Waals surface area contributed by atoms with Crippen molar-refractivity contribution in [1.82, 2.24) is 9.97 Å². The SMILES string of the molecule is COc1ccc(C)cc1-c1c(C)sc2[nH]c(=S)[nH]c(=O)c12. The van der Waals surface area contributed by atoms with E-state index in [1.54, 1.807) is 7.11 Å². The van der Waals surface area contributed by atoms with Crippen molar-refractivity contribution in [3.63, 3.8) is 0 Å². The number of ether oxygens (including phenoxy) is 1. The van der Waals surface area contributed by atoms with Crippen LogP contribution in [0, 0.1) is 18.6 Å². The molecule has 0 saturated heterocycles. The molecule has 0 saturated carbocycles. The number of methoxy groups -OCH3 is 1. The molecule has 0 aliphatic carbocycles. The number of hydrogen-bond donors (Lipinski definition) is 2. The van der Waals surface area contributed by atoms with Crippen LogP contribution >= 0.6 is 23.6 Å². The third-order valence-corrected chi connectivity index (χ3v) is 4.61. The molecule has 1 aromatic carbocycles. The standard InChI is InChI=1S/C15H14N2O2S2/c1-7-4-5-10(19-3)9(6-7)11-8(2)21-14-12(11)13(18)16-15(20)17-14/h4-6H,1-3H3,(H2,16,17,18,20). The van der Waals surface area contributed by atoms with E-state index in [2.05, 4.69) is 9.97 Å². The molecule has 0 aliphatic rings. The van der Waals surface area contributed by atoms with Crippen LogP contribution in [0.5, 0.6) is 5.75 Å². The van der Waals surface area contributed by atoms with E-state index in [4.69, 9.17) is 17.0 Å². The van der Waals surface area contributed by atoms with Gasteiger partial charge in [-0.15, -0.1) is 11.3 Å². The lowest BCUT2D eigenvalue weighted by Crippen LogP contribution is -2.07. The predicted octanol–water partition coefficient (Wildman–Crippen LogP) is 3.94. The lowest BCUT2D eigenvalue weighted by Gasteiger charge is -2.09. The van der Waals surface area contributed by atoms with Crippen LogP contribution in [-0.4, -0.2) is 17.1 Å². The van der Waals surface area contributed by atoms with Gasteiger partial charge in [0, 0.05) is 16.0 Å². The fourth-order valence-electron chi connectivity index (χ4n) is 2.49. The van der Waals surface area contributed by atoms with Crippen LogP contribution in [0.1, 0.15) is 10.4 Å². The fraction of sp³-hybridized carbons (Fsp3) is 0.200. The van der Waals surface area contributed by atoms with E-state index in [0.717, 1.165) is 32.1 Å². The minimum atomic E-state index is -0.170. The first-order chi connectivity index (χ1) is 10.0. The van der Waals surface area contributed by atoms with Crippen LogP contribution in [0.2, 0.25) is 0 Å². The van der Waals surface area contributed by atoms with E-state index in [-0.39, 0.29) is 5.56 Å². The van der Waals surface area contributed by atoms with Gasteiger partial charge in [0.15, 0.2) is 4.77 Å². The number of aromatic amines is 2. The fourth-order valence-corrected chi connectivity index (χ4v) is 3.82. The monoisotopic (exact) mass is 318 g/mol. The van der Waals surface area contributed by atoms with E-state index in [1.165, 1.54) is 11.3 Å². The number of H-pyrrole nitrogens is 2. The normalized spacial score (nSPS) is 11.0. The molecule has 0 fully saturated rings. The molecule has 0 amide bonds. The van der Waals surface area contributed by atoms with Gasteiger partial charge in [-0.1, -0.05) is 11.6 Å². The summed E-state index contributed by atoms with van der Waals surface area (Å²) in [5, 5.41) is 0.634. The summed E-state index contributed by atoms with van der Waals surface area (Å²) in [5.41, 5.74) is 2.78. The summed E-state index contributed by atoms with van der Waals surface area (Å²) in [6.45, 7) is 4.02. The summed E-state index contributed by atoms with van der Waals surface area (Å²) in [6, 6.07) is 5.95. The first-order valence-corrected chi connectivity index (χ1v) is 7.64. The van der Waals surface area contributed by atoms with E-state index in [0.29, 0.717) is 10.2 Å². The average Bonchev–Trinajstić information content (AvgIpc) is 2.74. The molecule has 2 aromatic heterocycles. The van der Waals surface area contributed by atoms with Gasteiger partial charge in [-0.3, -0.25) is 9.78 Å². The molecule has 2 heterocycles. The van der Waals surface area contributed by atoms with Crippen molar-refractivity contribution in [2.24, 2.45) is 0 Å². The number of thiophene rings is 1. The maximum absolute atomic E-state index is 12.3. The number of nitrogens with one attached hydrogen (secondary N) is 2. The van der Waals surface area contributed by atoms with Gasteiger partial charge in [0.2, 0.25) is 0 Å². The zero-order valence-corrected chi connectivity index (χ0v) is 13.5. The third kappa shape index (κ3) is 2.30. The molecule has 6 heteroatoms. The Morgan fingerprint density at radius 1 is 1.24 bits per heavy atom. The van der Waals surface area contributed by atoms with E-state index in [9.17, 15) is 4.79 Å². The third-order valence-electron chi connectivity index (χ3n) is 3.39. The van der Waals surface area contributed by atoms with Crippen LogP contribution < -0.4 is 10.3 Å². The highest BCUT2D eigenvalue weighted by atomic mass is 32.1. The van der Waals surface area contributed by atoms with Crippen molar-refractivity contribution in [3.8, 4) is 16.9 Å². The van der Waals surface area contributed by atoms with Gasteiger partial charge in [0.25, 0.3) is 5.56 Å². The van der Waals surface area contributed by atoms with E-state index in [1.807, 2.05) is 32.0 Å². The van der Waals surface area contributed by atoms with Crippen molar-refractivity contribution < 1.29 is 4.74 Å². The number of aryl methyl sites for hydroxylation is 2. The Morgan fingerprint density at radius 3 is 2.71 bits per heavy atom. The molecular weight excluding hydrogens is 304 g/mol. The molecule has 3 rings (SSSR count). The highest BCUT2D eigenvalue weighted by molar-refractivity contribution is 7.71. The Bertz CT molecular complexity index is 950. The summed E-state index contributed by atoms with van der Waals surface area (Å²) >= 11 is 6.57. The Hall–Kier alpha value is -1.92. The van der Waals surface area contributed by atoms with Gasteiger partial charge in [-0.2, -0.15) is 0 Å². The molecule has 0 bridgehead atoms. The average molecular weight is 318 g/mol. The van der Waals surface area contributed by atoms with Crippen LogP contribution in [0.4, 0.5) is 0 Å². The molecule has 0 unspecified atom stereocenters. The van der Waals surface area contributed by atoms with Gasteiger partial charge in [-0.25, -0.2) is 0 Å². The van der Waals surface area contributed by atoms with Crippen LogP contribution in [0.25, 0.3) is 21.3 Å². The Labute approximate surface area is 130 Å². The maximum Gasteiger partial charge on any atom is 0.261 e. The lowest BCUT2D eigenvalue weighted by atomic mass is 10.0. The number of hydrogen-bond acceptors (Lipinski definition) is 4. The lowest BCUT2D eigenvalue weighted by molar-refractivity contribution is 0.416. The van der Waals surface area contributed by atoms with E-state index >= 15 is 0 Å². The largest absolute Gasteiger partial charge is 0.496 e. The minimum Gasteiger partial charge on any atom is -0.496 e. The second-order valence-corrected chi connectivity index (χ2v) is 6.48. The first-order valence-electron chi connectivity index (χ1n) is 6.42. The quantitative estimate of drug-likeness (QED) is 0.704. The van der Waals surface area contributed by atoms with Crippen molar-refractivity contribution >= 4 is 33.8 Å². The molecular formula is C15H14N2O2S2. The van der Waals surface area contributed by atoms with Gasteiger partial charge < -0.3 is 9.72 Å². The summed E-state index contributed by atoms with van der Waals surface area (Å²) < 4.78 is 5.80. The number of rotatable bonds is 2. The molecule has 2 N–H and O–H groups in total. The van der Waals surface area contributed by atoms with Crippen LogP contribution in [0.3, 0.4) is 0 Å². The second kappa shape index (κ2) is 5.13. The molecule has 0 aliphatic heterocycles. The Balaban J connectivity index is 2.46. The van der Waals surface area contributed by atoms with Crippen molar-refractivity contribution in [2.45, 2.75) is 13.8 Å². The summed E-state index contributed by atoms with van der Waals surface area (Å²) in [6.07, 6.45) is 0. The zero-order chi connectivity index (χ0) is 15.1. The van der Waals surface area contributed by atoms with Crippen molar-refractivity contribution in [1.29, 1.82) is 0 Å². The van der Waals surface area contributed by atoms with Gasteiger partial charge >= 0.3 is 0 Å². The number of fused-ring (bicyclic) bond motifs is 1. The molecule has 0 radical (unpaired) electrons. The molecule has 4 nitrogen and oxygen atoms in total. The van der Waals surface area contributed by atoms with Gasteiger partial charge in [-0.05, 0) is 38.2 Å². The Morgan fingerprint density at radius 2 is 2.00 bits per heavy atom. The number of benzene rings is 1. The summed E-state index contributed by atoms with van der Waals surface area (Å²) in [7, 11) is 1.63. The molecule has 3 aromatic rings. The van der Waals surface area contributed by atoms with Gasteiger partial charge in [0.1, 0.15) is 10.6 Å². The van der Waals surface area contributed by atoms with Crippen LogP contribution in [0.15, 0.2) is 23.0 Å². The zero-order valence-electron chi connectivity index (χ0n) is 11.9. The molecule has 21 heavy (non-hydrogen) atoms. The van der Waals surface area contributed by atoms with Crippen LogP contribution in [-0.2, 0) is 0 Å². The predicted molar refractivity (Wildman–Crippen MR) is 89.1 cm³/mol. The van der Waals surface area contributed by atoms with Crippen molar-refractivity contribution in [2.75, 3.05) is 7.11 Å². The summed E-state index contributed by atoms with van der Waals surface area (Å²) in [4.78, 5) is 19.9. The second-order valence-electron chi connectivity index (χ2n) is 4.85. The smallest absolute Gasteiger partial charge is 0.261 e.